The van der Waals surface area contributed by atoms with Crippen molar-refractivity contribution in [3.8, 4) is 0 Å². The number of nitrogens with zero attached hydrogens (tertiary/aromatic N) is 4. The van der Waals surface area contributed by atoms with Crippen LogP contribution in [0.5, 0.6) is 0 Å². The topological polar surface area (TPSA) is 34.0 Å². The van der Waals surface area contributed by atoms with Gasteiger partial charge in [-0.2, -0.15) is 5.10 Å². The highest BCUT2D eigenvalue weighted by Gasteiger charge is 2.23. The molecule has 0 bridgehead atoms. The molecule has 1 aromatic rings. The van der Waals surface area contributed by atoms with Gasteiger partial charge in [-0.25, -0.2) is 4.98 Å². The summed E-state index contributed by atoms with van der Waals surface area (Å²) in [5.41, 5.74) is 0. The largest absolute Gasteiger partial charge is 0.303 e. The summed E-state index contributed by atoms with van der Waals surface area (Å²) in [6.45, 7) is 4.95. The van der Waals surface area contributed by atoms with Crippen LogP contribution in [0.25, 0.3) is 0 Å². The van der Waals surface area contributed by atoms with E-state index in [2.05, 4.69) is 15.0 Å². The Balaban J connectivity index is 1.47. The third-order valence-corrected chi connectivity index (χ3v) is 4.76. The minimum atomic E-state index is 0.763. The summed E-state index contributed by atoms with van der Waals surface area (Å²) >= 11 is 0. The standard InChI is InChI=1S/C15H26N4/c1-2-5-14(6-3-1)9-18-8-4-7-15(10-18)11-19-13-16-12-17-19/h12-15H,1-11H2/t15-/m0/s1. The first kappa shape index (κ1) is 13.1. The van der Waals surface area contributed by atoms with E-state index in [4.69, 9.17) is 0 Å². The quantitative estimate of drug-likeness (QED) is 0.836. The normalized spacial score (nSPS) is 26.6. The van der Waals surface area contributed by atoms with Crippen molar-refractivity contribution in [1.29, 1.82) is 0 Å². The lowest BCUT2D eigenvalue weighted by Crippen LogP contribution is -2.40. The Morgan fingerprint density at radius 2 is 1.79 bits per heavy atom. The van der Waals surface area contributed by atoms with Crippen molar-refractivity contribution < 1.29 is 0 Å². The van der Waals surface area contributed by atoms with Crippen molar-refractivity contribution in [3.05, 3.63) is 12.7 Å². The van der Waals surface area contributed by atoms with Gasteiger partial charge in [-0.15, -0.1) is 0 Å². The van der Waals surface area contributed by atoms with Crippen LogP contribution in [0.1, 0.15) is 44.9 Å². The van der Waals surface area contributed by atoms with Crippen molar-refractivity contribution >= 4 is 0 Å². The smallest absolute Gasteiger partial charge is 0.137 e. The fourth-order valence-corrected chi connectivity index (χ4v) is 3.79. The molecule has 0 aromatic carbocycles. The highest BCUT2D eigenvalue weighted by atomic mass is 15.3. The second-order valence-corrected chi connectivity index (χ2v) is 6.39. The Morgan fingerprint density at radius 1 is 0.947 bits per heavy atom. The molecule has 2 aliphatic rings. The highest BCUT2D eigenvalue weighted by molar-refractivity contribution is 4.77. The predicted molar refractivity (Wildman–Crippen MR) is 75.8 cm³/mol. The van der Waals surface area contributed by atoms with Gasteiger partial charge >= 0.3 is 0 Å². The average Bonchev–Trinajstić information content (AvgIpc) is 2.93. The Bertz CT molecular complexity index is 356. The van der Waals surface area contributed by atoms with Crippen LogP contribution < -0.4 is 0 Å². The lowest BCUT2D eigenvalue weighted by molar-refractivity contribution is 0.128. The molecule has 2 fully saturated rings. The Hall–Kier alpha value is -0.900. The van der Waals surface area contributed by atoms with E-state index in [9.17, 15) is 0 Å². The van der Waals surface area contributed by atoms with E-state index >= 15 is 0 Å². The van der Waals surface area contributed by atoms with Gasteiger partial charge in [-0.05, 0) is 44.1 Å². The minimum Gasteiger partial charge on any atom is -0.303 e. The van der Waals surface area contributed by atoms with E-state index in [1.165, 1.54) is 64.6 Å². The summed E-state index contributed by atoms with van der Waals surface area (Å²) < 4.78 is 1.99. The third kappa shape index (κ3) is 3.78. The number of piperidine rings is 1. The van der Waals surface area contributed by atoms with E-state index in [0.29, 0.717) is 0 Å². The first-order valence-corrected chi connectivity index (χ1v) is 7.95. The molecule has 1 aromatic heterocycles. The zero-order valence-corrected chi connectivity index (χ0v) is 11.9. The molecule has 1 saturated heterocycles. The van der Waals surface area contributed by atoms with Crippen LogP contribution in [0.2, 0.25) is 0 Å². The van der Waals surface area contributed by atoms with Gasteiger partial charge in [0.2, 0.25) is 0 Å². The zero-order chi connectivity index (χ0) is 12.9. The fourth-order valence-electron chi connectivity index (χ4n) is 3.79. The Kier molecular flexibility index (Phi) is 4.49. The maximum Gasteiger partial charge on any atom is 0.137 e. The second-order valence-electron chi connectivity index (χ2n) is 6.39. The molecule has 0 amide bonds. The van der Waals surface area contributed by atoms with Crippen LogP contribution in [0, 0.1) is 11.8 Å². The molecular formula is C15H26N4. The molecular weight excluding hydrogens is 236 g/mol. The molecule has 1 aliphatic carbocycles. The lowest BCUT2D eigenvalue weighted by atomic mass is 9.88. The first-order valence-electron chi connectivity index (χ1n) is 7.95. The molecule has 1 aliphatic heterocycles. The Morgan fingerprint density at radius 3 is 2.58 bits per heavy atom. The summed E-state index contributed by atoms with van der Waals surface area (Å²) in [7, 11) is 0. The highest BCUT2D eigenvalue weighted by Crippen LogP contribution is 2.26. The van der Waals surface area contributed by atoms with Gasteiger partial charge in [0.15, 0.2) is 0 Å². The van der Waals surface area contributed by atoms with Gasteiger partial charge < -0.3 is 4.90 Å². The van der Waals surface area contributed by atoms with Crippen molar-refractivity contribution in [1.82, 2.24) is 19.7 Å². The molecule has 4 nitrogen and oxygen atoms in total. The Labute approximate surface area is 116 Å². The van der Waals surface area contributed by atoms with Gasteiger partial charge in [0.25, 0.3) is 0 Å². The maximum atomic E-state index is 4.24. The van der Waals surface area contributed by atoms with Gasteiger partial charge in [-0.3, -0.25) is 4.68 Å². The summed E-state index contributed by atoms with van der Waals surface area (Å²) in [5, 5.41) is 4.24. The van der Waals surface area contributed by atoms with Crippen LogP contribution in [0.15, 0.2) is 12.7 Å². The zero-order valence-electron chi connectivity index (χ0n) is 11.9. The van der Waals surface area contributed by atoms with Crippen LogP contribution in [0.4, 0.5) is 0 Å². The van der Waals surface area contributed by atoms with Crippen molar-refractivity contribution in [2.24, 2.45) is 11.8 Å². The summed E-state index contributed by atoms with van der Waals surface area (Å²) in [4.78, 5) is 6.75. The van der Waals surface area contributed by atoms with E-state index in [-0.39, 0.29) is 0 Å². The summed E-state index contributed by atoms with van der Waals surface area (Å²) in [6, 6.07) is 0. The predicted octanol–water partition coefficient (Wildman–Crippen LogP) is 2.57. The molecule has 0 spiro atoms. The van der Waals surface area contributed by atoms with E-state index < -0.39 is 0 Å². The van der Waals surface area contributed by atoms with Gasteiger partial charge in [0.05, 0.1) is 0 Å². The summed E-state index contributed by atoms with van der Waals surface area (Å²) in [5.74, 6) is 1.73. The molecule has 1 atom stereocenters. The molecule has 0 radical (unpaired) electrons. The van der Waals surface area contributed by atoms with Gasteiger partial charge in [0, 0.05) is 19.6 Å². The van der Waals surface area contributed by atoms with Crippen molar-refractivity contribution in [3.63, 3.8) is 0 Å². The van der Waals surface area contributed by atoms with Crippen LogP contribution >= 0.6 is 0 Å². The van der Waals surface area contributed by atoms with E-state index in [0.717, 1.165) is 18.4 Å². The number of aromatic nitrogens is 3. The maximum absolute atomic E-state index is 4.24. The molecule has 106 valence electrons. The van der Waals surface area contributed by atoms with Crippen LogP contribution in [-0.2, 0) is 6.54 Å². The third-order valence-electron chi connectivity index (χ3n) is 4.76. The number of hydrogen-bond acceptors (Lipinski definition) is 3. The monoisotopic (exact) mass is 262 g/mol. The number of hydrogen-bond donors (Lipinski definition) is 0. The van der Waals surface area contributed by atoms with Crippen molar-refractivity contribution in [2.45, 2.75) is 51.5 Å². The van der Waals surface area contributed by atoms with Gasteiger partial charge in [-0.1, -0.05) is 19.3 Å². The molecule has 19 heavy (non-hydrogen) atoms. The number of likely N-dealkylation sites (tertiary alicyclic amines) is 1. The molecule has 0 N–H and O–H groups in total. The fraction of sp³-hybridized carbons (Fsp3) is 0.867. The SMILES string of the molecule is c1ncn(C[C@H]2CCCN(CC3CCCCC3)C2)n1. The molecule has 0 unspecified atom stereocenters. The molecule has 4 heteroatoms. The first-order chi connectivity index (χ1) is 9.40. The molecule has 3 rings (SSSR count). The molecule has 1 saturated carbocycles. The van der Waals surface area contributed by atoms with Crippen molar-refractivity contribution in [2.75, 3.05) is 19.6 Å². The molecule has 2 heterocycles. The number of rotatable bonds is 4. The minimum absolute atomic E-state index is 0.763. The van der Waals surface area contributed by atoms with Crippen LogP contribution in [0.3, 0.4) is 0 Å². The van der Waals surface area contributed by atoms with E-state index in [1.807, 2.05) is 11.0 Å². The van der Waals surface area contributed by atoms with E-state index in [1.54, 1.807) is 6.33 Å². The second kappa shape index (κ2) is 6.51. The van der Waals surface area contributed by atoms with Gasteiger partial charge in [0.1, 0.15) is 12.7 Å². The lowest BCUT2D eigenvalue weighted by Gasteiger charge is -2.36. The summed E-state index contributed by atoms with van der Waals surface area (Å²) in [6.07, 6.45) is 13.5. The average molecular weight is 262 g/mol. The van der Waals surface area contributed by atoms with Crippen LogP contribution in [-0.4, -0.2) is 39.3 Å².